The predicted molar refractivity (Wildman–Crippen MR) is 260 cm³/mol. The van der Waals surface area contributed by atoms with Crippen molar-refractivity contribution in [2.24, 2.45) is 0 Å². The van der Waals surface area contributed by atoms with Gasteiger partial charge in [-0.05, 0) is 64.2 Å². The molecule has 5 heteroatoms. The molecule has 0 spiro atoms. The van der Waals surface area contributed by atoms with Gasteiger partial charge in [-0.25, -0.2) is 15.0 Å². The molecule has 62 heavy (non-hydrogen) atoms. The van der Waals surface area contributed by atoms with Crippen molar-refractivity contribution in [1.29, 1.82) is 0 Å². The largest absolute Gasteiger partial charge is 0.309 e. The molecule has 0 saturated heterocycles. The van der Waals surface area contributed by atoms with E-state index in [1.807, 2.05) is 29.5 Å². The second-order valence-corrected chi connectivity index (χ2v) is 16.7. The van der Waals surface area contributed by atoms with Crippen molar-refractivity contribution in [3.05, 3.63) is 218 Å². The van der Waals surface area contributed by atoms with Gasteiger partial charge in [0.2, 0.25) is 0 Å². The number of rotatable bonds is 7. The summed E-state index contributed by atoms with van der Waals surface area (Å²) in [5.74, 6) is 1.86. The maximum absolute atomic E-state index is 5.28. The highest BCUT2D eigenvalue weighted by atomic mass is 32.1. The molecular weight excluding hydrogens is 773 g/mol. The average molecular weight is 809 g/mol. The number of aromatic nitrogens is 4. The lowest BCUT2D eigenvalue weighted by atomic mass is 9.97. The van der Waals surface area contributed by atoms with E-state index in [4.69, 9.17) is 15.0 Å². The topological polar surface area (TPSA) is 43.6 Å². The summed E-state index contributed by atoms with van der Waals surface area (Å²) >= 11 is 1.84. The summed E-state index contributed by atoms with van der Waals surface area (Å²) in [6, 6.07) is 77.6. The van der Waals surface area contributed by atoms with Gasteiger partial charge >= 0.3 is 0 Å². The van der Waals surface area contributed by atoms with Crippen molar-refractivity contribution in [2.75, 3.05) is 0 Å². The molecule has 0 N–H and O–H groups in total. The van der Waals surface area contributed by atoms with E-state index in [9.17, 15) is 0 Å². The van der Waals surface area contributed by atoms with Gasteiger partial charge in [-0.1, -0.05) is 182 Å². The van der Waals surface area contributed by atoms with Crippen LogP contribution in [0.1, 0.15) is 0 Å². The third-order valence-corrected chi connectivity index (χ3v) is 13.0. The van der Waals surface area contributed by atoms with E-state index in [1.54, 1.807) is 0 Å². The summed E-state index contributed by atoms with van der Waals surface area (Å²) < 4.78 is 4.97. The van der Waals surface area contributed by atoms with Crippen LogP contribution in [0.3, 0.4) is 0 Å². The first kappa shape index (κ1) is 35.9. The van der Waals surface area contributed by atoms with Crippen molar-refractivity contribution >= 4 is 53.3 Å². The van der Waals surface area contributed by atoms with Crippen LogP contribution in [0.2, 0.25) is 0 Å². The van der Waals surface area contributed by atoms with Gasteiger partial charge in [-0.2, -0.15) is 0 Å². The molecule has 0 aliphatic carbocycles. The molecule has 0 unspecified atom stereocenters. The van der Waals surface area contributed by atoms with Crippen LogP contribution >= 0.6 is 11.3 Å². The highest BCUT2D eigenvalue weighted by molar-refractivity contribution is 7.25. The zero-order valence-corrected chi connectivity index (χ0v) is 34.3. The SMILES string of the molecule is c1ccc(-c2ccc(-c3ccc(-c4nc(-c5ccccc5)nc(-c5cccc(-c6ccc7c(c6)sc6ccccc67)c5)n4)cc3-n3c4ccccc4c4ccccc43)cc2)cc1. The Balaban J connectivity index is 1.03. The van der Waals surface area contributed by atoms with Crippen molar-refractivity contribution in [1.82, 2.24) is 19.5 Å². The zero-order valence-electron chi connectivity index (χ0n) is 33.5. The monoisotopic (exact) mass is 808 g/mol. The van der Waals surface area contributed by atoms with Gasteiger partial charge in [0, 0.05) is 53.2 Å². The summed E-state index contributed by atoms with van der Waals surface area (Å²) in [5.41, 5.74) is 13.0. The minimum atomic E-state index is 0.610. The maximum Gasteiger partial charge on any atom is 0.164 e. The Labute approximate surface area is 362 Å². The number of hydrogen-bond acceptors (Lipinski definition) is 4. The van der Waals surface area contributed by atoms with Crippen LogP contribution in [-0.4, -0.2) is 19.5 Å². The van der Waals surface area contributed by atoms with Crippen LogP contribution in [0.5, 0.6) is 0 Å². The van der Waals surface area contributed by atoms with E-state index in [0.29, 0.717) is 17.5 Å². The van der Waals surface area contributed by atoms with Gasteiger partial charge < -0.3 is 4.57 Å². The molecule has 9 aromatic carbocycles. The second kappa shape index (κ2) is 14.9. The molecule has 0 atom stereocenters. The molecular formula is C57H36N4S. The number of para-hydroxylation sites is 2. The van der Waals surface area contributed by atoms with Crippen LogP contribution in [-0.2, 0) is 0 Å². The molecule has 290 valence electrons. The Hall–Kier alpha value is -7.99. The summed E-state index contributed by atoms with van der Waals surface area (Å²) in [6.45, 7) is 0. The molecule has 3 aromatic heterocycles. The van der Waals surface area contributed by atoms with Gasteiger partial charge in [0.25, 0.3) is 0 Å². The van der Waals surface area contributed by atoms with Crippen LogP contribution in [0.4, 0.5) is 0 Å². The number of benzene rings is 9. The van der Waals surface area contributed by atoms with Crippen LogP contribution in [0, 0.1) is 0 Å². The lowest BCUT2D eigenvalue weighted by Crippen LogP contribution is -2.02. The van der Waals surface area contributed by atoms with Gasteiger partial charge in [0.05, 0.1) is 16.7 Å². The fourth-order valence-electron chi connectivity index (χ4n) is 8.85. The van der Waals surface area contributed by atoms with E-state index in [-0.39, 0.29) is 0 Å². The van der Waals surface area contributed by atoms with E-state index in [2.05, 4.69) is 205 Å². The lowest BCUT2D eigenvalue weighted by molar-refractivity contribution is 1.07. The first-order chi connectivity index (χ1) is 30.7. The molecule has 0 radical (unpaired) electrons. The molecule has 12 aromatic rings. The standard InChI is InChI=1S/C57H36N4S/c1-3-14-37(15-4-1)38-26-28-39(29-27-38)45-32-31-44(35-52(45)61-50-23-10-7-20-46(50)47-21-8-11-24-51(47)61)57-59-55(40-16-5-2-6-17-40)58-56(60-57)43-19-13-18-41(34-43)42-30-33-49-48-22-9-12-25-53(48)62-54(49)36-42/h1-36H. The molecule has 0 amide bonds. The Kier molecular flexibility index (Phi) is 8.65. The van der Waals surface area contributed by atoms with Crippen molar-refractivity contribution < 1.29 is 0 Å². The number of thiophene rings is 1. The first-order valence-electron chi connectivity index (χ1n) is 20.8. The van der Waals surface area contributed by atoms with E-state index in [1.165, 1.54) is 42.1 Å². The molecule has 0 bridgehead atoms. The fraction of sp³-hybridized carbons (Fsp3) is 0. The van der Waals surface area contributed by atoms with E-state index < -0.39 is 0 Å². The summed E-state index contributed by atoms with van der Waals surface area (Å²) in [5, 5.41) is 5.00. The van der Waals surface area contributed by atoms with E-state index >= 15 is 0 Å². The molecule has 4 nitrogen and oxygen atoms in total. The molecule has 0 fully saturated rings. The maximum atomic E-state index is 5.28. The van der Waals surface area contributed by atoms with Crippen LogP contribution in [0.15, 0.2) is 218 Å². The fourth-order valence-corrected chi connectivity index (χ4v) is 9.99. The van der Waals surface area contributed by atoms with Gasteiger partial charge in [-0.15, -0.1) is 11.3 Å². The number of fused-ring (bicyclic) bond motifs is 6. The van der Waals surface area contributed by atoms with Gasteiger partial charge in [0.15, 0.2) is 17.5 Å². The third-order valence-electron chi connectivity index (χ3n) is 11.9. The highest BCUT2D eigenvalue weighted by Crippen LogP contribution is 2.40. The Bertz CT molecular complexity index is 3570. The molecule has 12 rings (SSSR count). The van der Waals surface area contributed by atoms with Crippen LogP contribution < -0.4 is 0 Å². The normalized spacial score (nSPS) is 11.5. The Morgan fingerprint density at radius 1 is 0.290 bits per heavy atom. The summed E-state index contributed by atoms with van der Waals surface area (Å²) in [7, 11) is 0. The Morgan fingerprint density at radius 2 is 0.758 bits per heavy atom. The van der Waals surface area contributed by atoms with E-state index in [0.717, 1.165) is 55.7 Å². The summed E-state index contributed by atoms with van der Waals surface area (Å²) in [6.07, 6.45) is 0. The minimum Gasteiger partial charge on any atom is -0.309 e. The smallest absolute Gasteiger partial charge is 0.164 e. The molecule has 0 aliphatic heterocycles. The van der Waals surface area contributed by atoms with Crippen molar-refractivity contribution in [3.63, 3.8) is 0 Å². The van der Waals surface area contributed by atoms with Gasteiger partial charge in [-0.3, -0.25) is 0 Å². The van der Waals surface area contributed by atoms with Crippen molar-refractivity contribution in [3.8, 4) is 73.2 Å². The molecule has 3 heterocycles. The Morgan fingerprint density at radius 3 is 1.47 bits per heavy atom. The first-order valence-corrected chi connectivity index (χ1v) is 21.7. The number of nitrogens with zero attached hydrogens (tertiary/aromatic N) is 4. The quantitative estimate of drug-likeness (QED) is 0.161. The predicted octanol–water partition coefficient (Wildman–Crippen LogP) is 15.3. The van der Waals surface area contributed by atoms with Crippen molar-refractivity contribution in [2.45, 2.75) is 0 Å². The zero-order chi connectivity index (χ0) is 41.0. The molecule has 0 saturated carbocycles. The summed E-state index contributed by atoms with van der Waals surface area (Å²) in [4.78, 5) is 15.6. The van der Waals surface area contributed by atoms with Gasteiger partial charge in [0.1, 0.15) is 0 Å². The third kappa shape index (κ3) is 6.26. The minimum absolute atomic E-state index is 0.610. The lowest BCUT2D eigenvalue weighted by Gasteiger charge is -2.17. The highest BCUT2D eigenvalue weighted by Gasteiger charge is 2.19. The number of hydrogen-bond donors (Lipinski definition) is 0. The van der Waals surface area contributed by atoms with Crippen LogP contribution in [0.25, 0.3) is 115 Å². The molecule has 0 aliphatic rings. The average Bonchev–Trinajstić information content (AvgIpc) is 3.90. The second-order valence-electron chi connectivity index (χ2n) is 15.6.